The van der Waals surface area contributed by atoms with Gasteiger partial charge in [-0.3, -0.25) is 4.98 Å². The molecule has 2 aliphatic heterocycles. The molecule has 1 saturated heterocycles. The smallest absolute Gasteiger partial charge is 0.133 e. The summed E-state index contributed by atoms with van der Waals surface area (Å²) in [6.45, 7) is 7.86. The van der Waals surface area contributed by atoms with Gasteiger partial charge in [0.05, 0.1) is 12.3 Å². The number of pyridine rings is 1. The van der Waals surface area contributed by atoms with Crippen LogP contribution in [0.3, 0.4) is 0 Å². The molecule has 4 heterocycles. The lowest BCUT2D eigenvalue weighted by Crippen LogP contribution is -2.32. The molecular formula is C20H27N5O. The summed E-state index contributed by atoms with van der Waals surface area (Å²) in [6.07, 6.45) is 6.85. The highest BCUT2D eigenvalue weighted by Gasteiger charge is 2.23. The Hall–Kier alpha value is -2.05. The normalized spacial score (nSPS) is 20.6. The number of anilines is 1. The monoisotopic (exact) mass is 353 g/mol. The topological polar surface area (TPSA) is 63.2 Å². The van der Waals surface area contributed by atoms with Crippen LogP contribution in [0.2, 0.25) is 0 Å². The lowest BCUT2D eigenvalue weighted by Gasteiger charge is -2.22. The van der Waals surface area contributed by atoms with E-state index in [9.17, 15) is 0 Å². The molecule has 138 valence electrons. The third-order valence-corrected chi connectivity index (χ3v) is 5.30. The molecule has 0 radical (unpaired) electrons. The molecule has 0 saturated carbocycles. The van der Waals surface area contributed by atoms with Crippen molar-refractivity contribution in [3.63, 3.8) is 0 Å². The second kappa shape index (κ2) is 8.10. The summed E-state index contributed by atoms with van der Waals surface area (Å²) >= 11 is 0. The van der Waals surface area contributed by atoms with Crippen LogP contribution in [0.25, 0.3) is 0 Å². The van der Waals surface area contributed by atoms with Gasteiger partial charge in [-0.15, -0.1) is 0 Å². The second-order valence-corrected chi connectivity index (χ2v) is 7.28. The predicted molar refractivity (Wildman–Crippen MR) is 101 cm³/mol. The van der Waals surface area contributed by atoms with Crippen molar-refractivity contribution < 1.29 is 4.74 Å². The molecule has 1 fully saturated rings. The van der Waals surface area contributed by atoms with Crippen molar-refractivity contribution in [2.45, 2.75) is 32.7 Å². The number of ether oxygens (including phenoxy) is 1. The van der Waals surface area contributed by atoms with Crippen LogP contribution in [0.1, 0.15) is 29.1 Å². The molecule has 1 unspecified atom stereocenters. The first kappa shape index (κ1) is 17.4. The van der Waals surface area contributed by atoms with Gasteiger partial charge in [0, 0.05) is 57.2 Å². The first-order valence-electron chi connectivity index (χ1n) is 9.57. The molecule has 2 aromatic rings. The van der Waals surface area contributed by atoms with Crippen LogP contribution >= 0.6 is 0 Å². The molecule has 2 aromatic heterocycles. The molecule has 4 rings (SSSR count). The fourth-order valence-corrected chi connectivity index (χ4v) is 3.88. The van der Waals surface area contributed by atoms with Crippen molar-refractivity contribution in [3.8, 4) is 0 Å². The maximum absolute atomic E-state index is 5.54. The van der Waals surface area contributed by atoms with E-state index in [4.69, 9.17) is 14.7 Å². The third-order valence-electron chi connectivity index (χ3n) is 5.30. The van der Waals surface area contributed by atoms with Gasteiger partial charge in [0.25, 0.3) is 0 Å². The molecule has 0 aromatic carbocycles. The zero-order chi connectivity index (χ0) is 17.8. The molecule has 26 heavy (non-hydrogen) atoms. The Labute approximate surface area is 155 Å². The standard InChI is InChI=1S/C20H27N5O/c1-15-23-19-5-10-25(13-17-6-11-26-14-17)9-4-18(19)20(24-15)22-12-16-2-7-21-8-3-16/h2-3,7-8,17H,4-6,9-14H2,1H3,(H,22,23,24). The zero-order valence-corrected chi connectivity index (χ0v) is 15.4. The summed E-state index contributed by atoms with van der Waals surface area (Å²) in [7, 11) is 0. The average Bonchev–Trinajstić information content (AvgIpc) is 3.08. The Morgan fingerprint density at radius 1 is 1.19 bits per heavy atom. The molecule has 1 atom stereocenters. The molecule has 2 aliphatic rings. The highest BCUT2D eigenvalue weighted by atomic mass is 16.5. The van der Waals surface area contributed by atoms with E-state index in [-0.39, 0.29) is 0 Å². The van der Waals surface area contributed by atoms with Gasteiger partial charge < -0.3 is 15.0 Å². The van der Waals surface area contributed by atoms with E-state index < -0.39 is 0 Å². The predicted octanol–water partition coefficient (Wildman–Crippen LogP) is 2.23. The van der Waals surface area contributed by atoms with Crippen LogP contribution in [0, 0.1) is 12.8 Å². The molecule has 6 heteroatoms. The minimum Gasteiger partial charge on any atom is -0.381 e. The Balaban J connectivity index is 1.46. The number of fused-ring (bicyclic) bond motifs is 1. The SMILES string of the molecule is Cc1nc2c(c(NCc3ccncc3)n1)CCN(CC1CCOC1)CC2. The van der Waals surface area contributed by atoms with Gasteiger partial charge in [-0.05, 0) is 43.4 Å². The summed E-state index contributed by atoms with van der Waals surface area (Å²) < 4.78 is 5.54. The van der Waals surface area contributed by atoms with Gasteiger partial charge in [-0.1, -0.05) is 0 Å². The Morgan fingerprint density at radius 2 is 2.04 bits per heavy atom. The fraction of sp³-hybridized carbons (Fsp3) is 0.550. The highest BCUT2D eigenvalue weighted by Crippen LogP contribution is 2.23. The van der Waals surface area contributed by atoms with Crippen molar-refractivity contribution in [1.29, 1.82) is 0 Å². The maximum Gasteiger partial charge on any atom is 0.133 e. The van der Waals surface area contributed by atoms with Crippen LogP contribution < -0.4 is 5.32 Å². The van der Waals surface area contributed by atoms with Crippen molar-refractivity contribution in [3.05, 3.63) is 47.2 Å². The van der Waals surface area contributed by atoms with E-state index >= 15 is 0 Å². The summed E-state index contributed by atoms with van der Waals surface area (Å²) in [5.41, 5.74) is 3.70. The number of nitrogens with zero attached hydrogens (tertiary/aromatic N) is 4. The Kier molecular flexibility index (Phi) is 5.41. The molecule has 1 N–H and O–H groups in total. The quantitative estimate of drug-likeness (QED) is 0.889. The maximum atomic E-state index is 5.54. The van der Waals surface area contributed by atoms with Crippen LogP contribution in [-0.2, 0) is 24.1 Å². The largest absolute Gasteiger partial charge is 0.381 e. The number of hydrogen-bond donors (Lipinski definition) is 1. The van der Waals surface area contributed by atoms with Crippen LogP contribution in [0.4, 0.5) is 5.82 Å². The van der Waals surface area contributed by atoms with Crippen molar-refractivity contribution in [2.24, 2.45) is 5.92 Å². The molecule has 0 amide bonds. The Morgan fingerprint density at radius 3 is 2.85 bits per heavy atom. The fourth-order valence-electron chi connectivity index (χ4n) is 3.88. The van der Waals surface area contributed by atoms with Crippen molar-refractivity contribution >= 4 is 5.82 Å². The van der Waals surface area contributed by atoms with E-state index in [1.54, 1.807) is 0 Å². The summed E-state index contributed by atoms with van der Waals surface area (Å²) in [4.78, 5) is 16.1. The molecule has 0 spiro atoms. The number of nitrogens with one attached hydrogen (secondary N) is 1. The number of rotatable bonds is 5. The minimum atomic E-state index is 0.688. The van der Waals surface area contributed by atoms with E-state index in [1.165, 1.54) is 23.2 Å². The van der Waals surface area contributed by atoms with Crippen molar-refractivity contribution in [2.75, 3.05) is 38.2 Å². The molecule has 0 aliphatic carbocycles. The third kappa shape index (κ3) is 4.19. The average molecular weight is 353 g/mol. The molecule has 6 nitrogen and oxygen atoms in total. The van der Waals surface area contributed by atoms with E-state index in [0.29, 0.717) is 5.92 Å². The minimum absolute atomic E-state index is 0.688. The van der Waals surface area contributed by atoms with Crippen LogP contribution in [-0.4, -0.2) is 52.7 Å². The van der Waals surface area contributed by atoms with Crippen LogP contribution in [0.15, 0.2) is 24.5 Å². The van der Waals surface area contributed by atoms with E-state index in [0.717, 1.165) is 63.9 Å². The Bertz CT molecular complexity index is 730. The lowest BCUT2D eigenvalue weighted by molar-refractivity contribution is 0.168. The van der Waals surface area contributed by atoms with Crippen molar-refractivity contribution in [1.82, 2.24) is 19.9 Å². The summed E-state index contributed by atoms with van der Waals surface area (Å²) in [5, 5.41) is 3.53. The van der Waals surface area contributed by atoms with Crippen LogP contribution in [0.5, 0.6) is 0 Å². The first-order chi connectivity index (χ1) is 12.8. The number of aryl methyl sites for hydroxylation is 1. The summed E-state index contributed by atoms with van der Waals surface area (Å²) in [5.74, 6) is 2.53. The number of hydrogen-bond acceptors (Lipinski definition) is 6. The highest BCUT2D eigenvalue weighted by molar-refractivity contribution is 5.48. The van der Waals surface area contributed by atoms with Gasteiger partial charge in [0.15, 0.2) is 0 Å². The molecular weight excluding hydrogens is 326 g/mol. The zero-order valence-electron chi connectivity index (χ0n) is 15.4. The summed E-state index contributed by atoms with van der Waals surface area (Å²) in [6, 6.07) is 4.07. The van der Waals surface area contributed by atoms with Gasteiger partial charge >= 0.3 is 0 Å². The van der Waals surface area contributed by atoms with E-state index in [2.05, 4.69) is 15.2 Å². The lowest BCUT2D eigenvalue weighted by atomic mass is 10.1. The van der Waals surface area contributed by atoms with E-state index in [1.807, 2.05) is 31.5 Å². The van der Waals surface area contributed by atoms with Gasteiger partial charge in [-0.25, -0.2) is 9.97 Å². The molecule has 0 bridgehead atoms. The van der Waals surface area contributed by atoms with Gasteiger partial charge in [-0.2, -0.15) is 0 Å². The van der Waals surface area contributed by atoms with Gasteiger partial charge in [0.1, 0.15) is 11.6 Å². The van der Waals surface area contributed by atoms with Gasteiger partial charge in [0.2, 0.25) is 0 Å². The number of aromatic nitrogens is 3. The first-order valence-corrected chi connectivity index (χ1v) is 9.57. The second-order valence-electron chi connectivity index (χ2n) is 7.28.